The predicted octanol–water partition coefficient (Wildman–Crippen LogP) is 6.61. The molecule has 3 aromatic carbocycles. The van der Waals surface area contributed by atoms with Crippen molar-refractivity contribution in [1.29, 1.82) is 0 Å². The van der Waals surface area contributed by atoms with E-state index in [4.69, 9.17) is 23.2 Å². The first-order chi connectivity index (χ1) is 11.6. The van der Waals surface area contributed by atoms with Crippen molar-refractivity contribution >= 4 is 67.0 Å². The monoisotopic (exact) mass is 371 g/mol. The fourth-order valence-electron chi connectivity index (χ4n) is 2.70. The lowest BCUT2D eigenvalue weighted by Crippen LogP contribution is -2.10. The third kappa shape index (κ3) is 2.65. The molecule has 0 aliphatic carbocycles. The fourth-order valence-corrected chi connectivity index (χ4v) is 4.39. The van der Waals surface area contributed by atoms with Crippen LogP contribution in [0.2, 0.25) is 10.0 Å². The molecule has 0 unspecified atom stereocenters. The van der Waals surface area contributed by atoms with Gasteiger partial charge in [0.2, 0.25) is 0 Å². The summed E-state index contributed by atoms with van der Waals surface area (Å²) in [7, 11) is 0. The zero-order valence-electron chi connectivity index (χ0n) is 12.3. The first kappa shape index (κ1) is 15.5. The molecule has 0 saturated carbocycles. The van der Waals surface area contributed by atoms with Crippen LogP contribution in [0, 0.1) is 0 Å². The third-order valence-corrected chi connectivity index (χ3v) is 5.73. The Kier molecular flexibility index (Phi) is 3.93. The Morgan fingerprint density at radius 1 is 0.917 bits per heavy atom. The standard InChI is InChI=1S/C19H11Cl2NOS/c20-12-8-9-14-16(10-12)24-18(17(14)21)19(23)22-15-7-3-5-11-4-1-2-6-13(11)15/h1-10H,(H,22,23). The van der Waals surface area contributed by atoms with E-state index in [1.807, 2.05) is 54.6 Å². The topological polar surface area (TPSA) is 29.1 Å². The molecule has 0 bridgehead atoms. The van der Waals surface area contributed by atoms with Crippen LogP contribution in [0.15, 0.2) is 60.7 Å². The molecule has 0 fully saturated rings. The summed E-state index contributed by atoms with van der Waals surface area (Å²) in [6, 6.07) is 19.2. The van der Waals surface area contributed by atoms with Crippen LogP contribution >= 0.6 is 34.5 Å². The molecule has 118 valence electrons. The summed E-state index contributed by atoms with van der Waals surface area (Å²) in [6.45, 7) is 0. The van der Waals surface area contributed by atoms with Gasteiger partial charge in [-0.3, -0.25) is 4.79 Å². The van der Waals surface area contributed by atoms with Crippen LogP contribution in [0.4, 0.5) is 5.69 Å². The number of benzene rings is 3. The van der Waals surface area contributed by atoms with E-state index in [-0.39, 0.29) is 5.91 Å². The normalized spacial score (nSPS) is 11.1. The number of fused-ring (bicyclic) bond motifs is 2. The molecule has 0 atom stereocenters. The van der Waals surface area contributed by atoms with E-state index in [9.17, 15) is 4.79 Å². The van der Waals surface area contributed by atoms with Crippen molar-refractivity contribution in [3.63, 3.8) is 0 Å². The molecule has 24 heavy (non-hydrogen) atoms. The molecular formula is C19H11Cl2NOS. The molecule has 0 saturated heterocycles. The molecule has 0 aliphatic heterocycles. The van der Waals surface area contributed by atoms with E-state index in [1.165, 1.54) is 11.3 Å². The first-order valence-corrected chi connectivity index (χ1v) is 8.87. The number of carbonyl (C=O) groups excluding carboxylic acids is 1. The van der Waals surface area contributed by atoms with Gasteiger partial charge in [0.15, 0.2) is 0 Å². The van der Waals surface area contributed by atoms with Crippen molar-refractivity contribution in [2.75, 3.05) is 5.32 Å². The molecule has 1 N–H and O–H groups in total. The van der Waals surface area contributed by atoms with Gasteiger partial charge in [-0.25, -0.2) is 0 Å². The van der Waals surface area contributed by atoms with Crippen LogP contribution < -0.4 is 5.32 Å². The molecule has 0 aliphatic rings. The lowest BCUT2D eigenvalue weighted by atomic mass is 10.1. The van der Waals surface area contributed by atoms with E-state index in [0.29, 0.717) is 14.9 Å². The smallest absolute Gasteiger partial charge is 0.267 e. The second kappa shape index (κ2) is 6.10. The highest BCUT2D eigenvalue weighted by Gasteiger charge is 2.18. The van der Waals surface area contributed by atoms with Crippen LogP contribution in [0.5, 0.6) is 0 Å². The molecule has 2 nitrogen and oxygen atoms in total. The van der Waals surface area contributed by atoms with Gasteiger partial charge < -0.3 is 5.32 Å². The largest absolute Gasteiger partial charge is 0.321 e. The molecule has 0 radical (unpaired) electrons. The second-order valence-corrected chi connectivity index (χ2v) is 7.23. The molecule has 5 heteroatoms. The summed E-state index contributed by atoms with van der Waals surface area (Å²) < 4.78 is 0.899. The Hall–Kier alpha value is -2.07. The van der Waals surface area contributed by atoms with Crippen LogP contribution in [-0.2, 0) is 0 Å². The first-order valence-electron chi connectivity index (χ1n) is 7.30. The van der Waals surface area contributed by atoms with Gasteiger partial charge in [0, 0.05) is 26.2 Å². The average Bonchev–Trinajstić information content (AvgIpc) is 2.91. The Balaban J connectivity index is 1.75. The lowest BCUT2D eigenvalue weighted by Gasteiger charge is -2.08. The van der Waals surface area contributed by atoms with Gasteiger partial charge in [0.05, 0.1) is 5.02 Å². The van der Waals surface area contributed by atoms with Gasteiger partial charge in [0.25, 0.3) is 5.91 Å². The molecule has 1 heterocycles. The van der Waals surface area contributed by atoms with E-state index >= 15 is 0 Å². The van der Waals surface area contributed by atoms with Crippen LogP contribution in [0.1, 0.15) is 9.67 Å². The van der Waals surface area contributed by atoms with Gasteiger partial charge in [0.1, 0.15) is 4.88 Å². The van der Waals surface area contributed by atoms with Crippen LogP contribution in [0.3, 0.4) is 0 Å². The molecule has 4 aromatic rings. The minimum atomic E-state index is -0.214. The van der Waals surface area contributed by atoms with E-state index < -0.39 is 0 Å². The highest BCUT2D eigenvalue weighted by molar-refractivity contribution is 7.21. The third-order valence-electron chi connectivity index (χ3n) is 3.84. The number of hydrogen-bond donors (Lipinski definition) is 1. The summed E-state index contributed by atoms with van der Waals surface area (Å²) in [6.07, 6.45) is 0. The summed E-state index contributed by atoms with van der Waals surface area (Å²) in [5, 5.41) is 6.97. The number of amides is 1. The maximum absolute atomic E-state index is 12.7. The predicted molar refractivity (Wildman–Crippen MR) is 104 cm³/mol. The van der Waals surface area contributed by atoms with Gasteiger partial charge in [-0.15, -0.1) is 11.3 Å². The minimum Gasteiger partial charge on any atom is -0.321 e. The zero-order valence-corrected chi connectivity index (χ0v) is 14.7. The number of halogens is 2. The van der Waals surface area contributed by atoms with Crippen molar-refractivity contribution in [2.45, 2.75) is 0 Å². The molecular weight excluding hydrogens is 361 g/mol. The minimum absolute atomic E-state index is 0.214. The van der Waals surface area contributed by atoms with E-state index in [0.717, 1.165) is 26.5 Å². The Morgan fingerprint density at radius 3 is 2.58 bits per heavy atom. The Morgan fingerprint density at radius 2 is 1.71 bits per heavy atom. The maximum atomic E-state index is 12.7. The van der Waals surface area contributed by atoms with Crippen molar-refractivity contribution in [1.82, 2.24) is 0 Å². The van der Waals surface area contributed by atoms with E-state index in [1.54, 1.807) is 6.07 Å². The van der Waals surface area contributed by atoms with Crippen LogP contribution in [-0.4, -0.2) is 5.91 Å². The van der Waals surface area contributed by atoms with Crippen molar-refractivity contribution in [2.24, 2.45) is 0 Å². The van der Waals surface area contributed by atoms with E-state index in [2.05, 4.69) is 5.32 Å². The maximum Gasteiger partial charge on any atom is 0.267 e. The summed E-state index contributed by atoms with van der Waals surface area (Å²) >= 11 is 13.8. The Bertz CT molecular complexity index is 1080. The number of nitrogens with one attached hydrogen (secondary N) is 1. The van der Waals surface area contributed by atoms with Gasteiger partial charge >= 0.3 is 0 Å². The van der Waals surface area contributed by atoms with Crippen molar-refractivity contribution in [3.05, 3.63) is 75.6 Å². The molecule has 4 rings (SSSR count). The highest BCUT2D eigenvalue weighted by atomic mass is 35.5. The number of thiophene rings is 1. The lowest BCUT2D eigenvalue weighted by molar-refractivity contribution is 0.103. The molecule has 1 amide bonds. The van der Waals surface area contributed by atoms with Gasteiger partial charge in [-0.2, -0.15) is 0 Å². The van der Waals surface area contributed by atoms with Crippen molar-refractivity contribution in [3.8, 4) is 0 Å². The van der Waals surface area contributed by atoms with Crippen LogP contribution in [0.25, 0.3) is 20.9 Å². The number of carbonyl (C=O) groups is 1. The second-order valence-electron chi connectivity index (χ2n) is 5.37. The van der Waals surface area contributed by atoms with Gasteiger partial charge in [-0.1, -0.05) is 65.7 Å². The van der Waals surface area contributed by atoms with Crippen molar-refractivity contribution < 1.29 is 4.79 Å². The molecule has 0 spiro atoms. The fraction of sp³-hybridized carbons (Fsp3) is 0. The average molecular weight is 372 g/mol. The van der Waals surface area contributed by atoms with Gasteiger partial charge in [-0.05, 0) is 23.6 Å². The highest BCUT2D eigenvalue weighted by Crippen LogP contribution is 2.37. The summed E-state index contributed by atoms with van der Waals surface area (Å²) in [5.41, 5.74) is 0.768. The zero-order chi connectivity index (χ0) is 16.7. The number of rotatable bonds is 2. The SMILES string of the molecule is O=C(Nc1cccc2ccccc12)c1sc2cc(Cl)ccc2c1Cl. The molecule has 1 aromatic heterocycles. The number of anilines is 1. The summed E-state index contributed by atoms with van der Waals surface area (Å²) in [4.78, 5) is 13.2. The quantitative estimate of drug-likeness (QED) is 0.421. The number of hydrogen-bond acceptors (Lipinski definition) is 2. The summed E-state index contributed by atoms with van der Waals surface area (Å²) in [5.74, 6) is -0.214. The Labute approximate surface area is 152 Å².